The molecule has 0 aliphatic carbocycles. The Morgan fingerprint density at radius 1 is 1.32 bits per heavy atom. The number of pyridine rings is 1. The summed E-state index contributed by atoms with van der Waals surface area (Å²) in [6.45, 7) is 2.63. The van der Waals surface area contributed by atoms with Gasteiger partial charge in [0.05, 0.1) is 11.5 Å². The summed E-state index contributed by atoms with van der Waals surface area (Å²) >= 11 is 1.91. The largest absolute Gasteiger partial charge is 0.493 e. The summed E-state index contributed by atoms with van der Waals surface area (Å²) in [6.07, 6.45) is 5.44. The first-order valence-corrected chi connectivity index (χ1v) is 12.0. The molecule has 1 N–H and O–H groups in total. The third-order valence-corrected chi connectivity index (χ3v) is 9.15. The molecule has 2 saturated heterocycles. The van der Waals surface area contributed by atoms with Gasteiger partial charge in [0, 0.05) is 55.0 Å². The van der Waals surface area contributed by atoms with Gasteiger partial charge in [0.15, 0.2) is 0 Å². The van der Waals surface area contributed by atoms with Gasteiger partial charge < -0.3 is 10.1 Å². The van der Waals surface area contributed by atoms with Crippen molar-refractivity contribution >= 4 is 21.8 Å². The van der Waals surface area contributed by atoms with Crippen LogP contribution < -0.4 is 10.1 Å². The molecule has 1 unspecified atom stereocenters. The predicted octanol–water partition coefficient (Wildman–Crippen LogP) is 2.05. The average molecular weight is 418 g/mol. The highest BCUT2D eigenvalue weighted by Crippen LogP contribution is 2.47. The van der Waals surface area contributed by atoms with Gasteiger partial charge in [0.2, 0.25) is 10.0 Å². The first kappa shape index (κ1) is 18.4. The van der Waals surface area contributed by atoms with Crippen LogP contribution in [-0.2, 0) is 23.0 Å². The highest BCUT2D eigenvalue weighted by Gasteiger charge is 2.52. The van der Waals surface area contributed by atoms with Crippen LogP contribution in [0.15, 0.2) is 47.6 Å². The molecule has 1 spiro atoms. The summed E-state index contributed by atoms with van der Waals surface area (Å²) in [4.78, 5) is 4.54. The van der Waals surface area contributed by atoms with Crippen molar-refractivity contribution in [2.24, 2.45) is 0 Å². The second-order valence-electron chi connectivity index (χ2n) is 7.78. The number of aromatic nitrogens is 1. The van der Waals surface area contributed by atoms with Gasteiger partial charge in [-0.2, -0.15) is 16.1 Å². The fraction of sp³-hybridized carbons (Fsp3) is 0.450. The molecule has 0 radical (unpaired) electrons. The van der Waals surface area contributed by atoms with Crippen molar-refractivity contribution in [3.8, 4) is 5.75 Å². The van der Waals surface area contributed by atoms with Gasteiger partial charge in [-0.1, -0.05) is 6.07 Å². The molecule has 1 aromatic heterocycles. The Labute approximate surface area is 169 Å². The van der Waals surface area contributed by atoms with Crippen LogP contribution in [0.2, 0.25) is 0 Å². The van der Waals surface area contributed by atoms with Crippen molar-refractivity contribution < 1.29 is 13.2 Å². The van der Waals surface area contributed by atoms with Crippen LogP contribution in [0.25, 0.3) is 0 Å². The van der Waals surface area contributed by atoms with Gasteiger partial charge in [0.1, 0.15) is 5.75 Å². The Morgan fingerprint density at radius 3 is 3.04 bits per heavy atom. The summed E-state index contributed by atoms with van der Waals surface area (Å²) in [5.74, 6) is 1.83. The molecule has 3 aliphatic heterocycles. The number of sulfonamides is 1. The number of thioether (sulfide) groups is 1. The predicted molar refractivity (Wildman–Crippen MR) is 109 cm³/mol. The highest BCUT2D eigenvalue weighted by atomic mass is 32.2. The number of rotatable bonds is 5. The summed E-state index contributed by atoms with van der Waals surface area (Å²) < 4.78 is 33.2. The van der Waals surface area contributed by atoms with Crippen LogP contribution in [0, 0.1) is 0 Å². The molecular weight excluding hydrogens is 394 g/mol. The second kappa shape index (κ2) is 7.02. The monoisotopic (exact) mass is 417 g/mol. The smallest absolute Gasteiger partial charge is 0.243 e. The van der Waals surface area contributed by atoms with Crippen molar-refractivity contribution in [1.82, 2.24) is 14.6 Å². The van der Waals surface area contributed by atoms with Crippen LogP contribution in [0.1, 0.15) is 17.5 Å². The second-order valence-corrected chi connectivity index (χ2v) is 11.2. The lowest BCUT2D eigenvalue weighted by Crippen LogP contribution is -2.60. The van der Waals surface area contributed by atoms with Gasteiger partial charge in [-0.05, 0) is 41.8 Å². The summed E-state index contributed by atoms with van der Waals surface area (Å²) in [5, 5.41) is 3.59. The minimum atomic E-state index is -3.42. The van der Waals surface area contributed by atoms with Crippen LogP contribution in [0.5, 0.6) is 5.75 Å². The highest BCUT2D eigenvalue weighted by molar-refractivity contribution is 8.01. The molecule has 0 saturated carbocycles. The van der Waals surface area contributed by atoms with E-state index in [4.69, 9.17) is 4.74 Å². The molecule has 1 aromatic carbocycles. The van der Waals surface area contributed by atoms with E-state index in [2.05, 4.69) is 16.4 Å². The Morgan fingerprint density at radius 2 is 2.21 bits per heavy atom. The van der Waals surface area contributed by atoms with E-state index in [1.807, 2.05) is 24.0 Å². The Hall–Kier alpha value is -1.61. The van der Waals surface area contributed by atoms with Gasteiger partial charge in [-0.15, -0.1) is 0 Å². The number of benzene rings is 1. The third kappa shape index (κ3) is 3.32. The summed E-state index contributed by atoms with van der Waals surface area (Å²) in [7, 11) is -3.42. The first-order chi connectivity index (χ1) is 13.5. The molecule has 6 nitrogen and oxygen atoms in total. The molecule has 4 heterocycles. The van der Waals surface area contributed by atoms with E-state index in [1.54, 1.807) is 28.7 Å². The van der Waals surface area contributed by atoms with E-state index < -0.39 is 10.0 Å². The standard InChI is InChI=1S/C20H23N3O3S2/c24-28(25,18-3-4-19-16(8-18)5-7-26-19)23-13-20(14-23)9-17(12-27-20)22-11-15-2-1-6-21-10-15/h1-4,6,8,10,17,22H,5,7,9,11-14H2. The van der Waals surface area contributed by atoms with E-state index in [1.165, 1.54) is 5.56 Å². The zero-order chi connectivity index (χ0) is 19.2. The van der Waals surface area contributed by atoms with E-state index in [9.17, 15) is 8.42 Å². The maximum absolute atomic E-state index is 13.0. The number of fused-ring (bicyclic) bond motifs is 1. The van der Waals surface area contributed by atoms with Gasteiger partial charge in [0.25, 0.3) is 0 Å². The van der Waals surface area contributed by atoms with Crippen molar-refractivity contribution in [3.05, 3.63) is 53.9 Å². The lowest BCUT2D eigenvalue weighted by atomic mass is 9.94. The average Bonchev–Trinajstić information content (AvgIpc) is 3.32. The van der Waals surface area contributed by atoms with Crippen molar-refractivity contribution in [1.29, 1.82) is 0 Å². The quantitative estimate of drug-likeness (QED) is 0.803. The molecule has 148 valence electrons. The van der Waals surface area contributed by atoms with E-state index in [0.717, 1.165) is 36.5 Å². The topological polar surface area (TPSA) is 71.5 Å². The molecular formula is C20H23N3O3S2. The Balaban J connectivity index is 1.20. The third-order valence-electron chi connectivity index (χ3n) is 5.75. The molecule has 0 amide bonds. The van der Waals surface area contributed by atoms with Crippen LogP contribution in [0.4, 0.5) is 0 Å². The number of ether oxygens (including phenoxy) is 1. The number of hydrogen-bond acceptors (Lipinski definition) is 6. The summed E-state index contributed by atoms with van der Waals surface area (Å²) in [6, 6.07) is 9.66. The number of nitrogens with zero attached hydrogens (tertiary/aromatic N) is 2. The molecule has 2 fully saturated rings. The fourth-order valence-corrected chi connectivity index (χ4v) is 7.63. The summed E-state index contributed by atoms with van der Waals surface area (Å²) in [5.41, 5.74) is 2.16. The van der Waals surface area contributed by atoms with E-state index in [-0.39, 0.29) is 4.75 Å². The molecule has 2 aromatic rings. The number of hydrogen-bond donors (Lipinski definition) is 1. The molecule has 5 rings (SSSR count). The normalized spacial score (nSPS) is 23.4. The zero-order valence-electron chi connectivity index (χ0n) is 15.5. The van der Waals surface area contributed by atoms with E-state index in [0.29, 0.717) is 30.6 Å². The Bertz CT molecular complexity index is 975. The SMILES string of the molecule is O=S(=O)(c1ccc2c(c1)CCO2)N1CC2(CC(NCc3cccnc3)CS2)C1. The lowest BCUT2D eigenvalue weighted by Gasteiger charge is -2.46. The van der Waals surface area contributed by atoms with Crippen molar-refractivity contribution in [3.63, 3.8) is 0 Å². The minimum absolute atomic E-state index is 0.0551. The van der Waals surface area contributed by atoms with Gasteiger partial charge >= 0.3 is 0 Å². The van der Waals surface area contributed by atoms with Crippen LogP contribution in [0.3, 0.4) is 0 Å². The zero-order valence-corrected chi connectivity index (χ0v) is 17.1. The molecule has 8 heteroatoms. The molecule has 28 heavy (non-hydrogen) atoms. The molecule has 0 bridgehead atoms. The van der Waals surface area contributed by atoms with Crippen molar-refractivity contribution in [2.45, 2.75) is 35.1 Å². The Kier molecular flexibility index (Phi) is 4.62. The van der Waals surface area contributed by atoms with Crippen LogP contribution >= 0.6 is 11.8 Å². The lowest BCUT2D eigenvalue weighted by molar-refractivity contribution is 0.219. The molecule has 1 atom stereocenters. The minimum Gasteiger partial charge on any atom is -0.493 e. The maximum Gasteiger partial charge on any atom is 0.243 e. The van der Waals surface area contributed by atoms with E-state index >= 15 is 0 Å². The maximum atomic E-state index is 13.0. The fourth-order valence-electron chi connectivity index (χ4n) is 4.20. The van der Waals surface area contributed by atoms with Gasteiger partial charge in [-0.25, -0.2) is 8.42 Å². The van der Waals surface area contributed by atoms with Crippen molar-refractivity contribution in [2.75, 3.05) is 25.4 Å². The number of nitrogens with one attached hydrogen (secondary N) is 1. The first-order valence-electron chi connectivity index (χ1n) is 9.56. The van der Waals surface area contributed by atoms with Crippen LogP contribution in [-0.4, -0.2) is 53.9 Å². The molecule has 3 aliphatic rings. The van der Waals surface area contributed by atoms with Gasteiger partial charge in [-0.3, -0.25) is 4.98 Å².